The lowest BCUT2D eigenvalue weighted by Gasteiger charge is -2.23. The molecular formula is C22H12Cl2F3NO4. The third-order valence-electron chi connectivity index (χ3n) is 4.92. The van der Waals surface area contributed by atoms with E-state index in [0.29, 0.717) is 0 Å². The number of hydrogen-bond acceptors (Lipinski definition) is 4. The number of aliphatic hydroxyl groups is 1. The van der Waals surface area contributed by atoms with Crippen LogP contribution in [0.3, 0.4) is 0 Å². The van der Waals surface area contributed by atoms with E-state index in [9.17, 15) is 27.9 Å². The molecule has 1 amide bonds. The molecule has 2 aromatic carbocycles. The first-order valence-electron chi connectivity index (χ1n) is 9.06. The summed E-state index contributed by atoms with van der Waals surface area (Å²) in [7, 11) is 0. The number of halogens is 5. The number of hydrogen-bond donors (Lipinski definition) is 1. The molecule has 1 aromatic heterocycles. The molecule has 3 aromatic rings. The van der Waals surface area contributed by atoms with Gasteiger partial charge in [0.2, 0.25) is 0 Å². The summed E-state index contributed by atoms with van der Waals surface area (Å²) in [4.78, 5) is 26.8. The van der Waals surface area contributed by atoms with Crippen LogP contribution in [0.25, 0.3) is 5.76 Å². The molecule has 2 heterocycles. The zero-order valence-electron chi connectivity index (χ0n) is 15.9. The molecule has 164 valence electrons. The van der Waals surface area contributed by atoms with Crippen molar-refractivity contribution >= 4 is 46.3 Å². The van der Waals surface area contributed by atoms with Gasteiger partial charge in [0.05, 0.1) is 27.4 Å². The molecule has 10 heteroatoms. The standard InChI is InChI=1S/C22H12Cl2F3NO4/c23-14-8-3-11(10-15(14)24)19(29)17-18(16-2-1-9-32-16)28(21(31)20(17)30)13-6-4-12(5-7-13)22(25,26)27/h1-10,18,29H/b19-17-. The topological polar surface area (TPSA) is 70.8 Å². The number of furan rings is 1. The number of nitrogens with zero attached hydrogens (tertiary/aromatic N) is 1. The predicted octanol–water partition coefficient (Wildman–Crippen LogP) is 6.23. The lowest BCUT2D eigenvalue weighted by atomic mass is 9.99. The summed E-state index contributed by atoms with van der Waals surface area (Å²) < 4.78 is 44.2. The average Bonchev–Trinajstić information content (AvgIpc) is 3.36. The Morgan fingerprint density at radius 1 is 1.00 bits per heavy atom. The monoisotopic (exact) mass is 481 g/mol. The molecule has 1 atom stereocenters. The molecular weight excluding hydrogens is 470 g/mol. The number of rotatable bonds is 3. The summed E-state index contributed by atoms with van der Waals surface area (Å²) in [6.07, 6.45) is -3.26. The third kappa shape index (κ3) is 3.76. The number of benzene rings is 2. The Kier molecular flexibility index (Phi) is 5.52. The predicted molar refractivity (Wildman–Crippen MR) is 111 cm³/mol. The molecule has 1 aliphatic rings. The van der Waals surface area contributed by atoms with Crippen LogP contribution in [0.1, 0.15) is 22.9 Å². The fourth-order valence-corrected chi connectivity index (χ4v) is 3.72. The van der Waals surface area contributed by atoms with Crippen molar-refractivity contribution in [2.45, 2.75) is 12.2 Å². The highest BCUT2D eigenvalue weighted by Crippen LogP contribution is 2.43. The van der Waals surface area contributed by atoms with Crippen molar-refractivity contribution in [1.82, 2.24) is 0 Å². The molecule has 0 saturated carbocycles. The molecule has 32 heavy (non-hydrogen) atoms. The summed E-state index contributed by atoms with van der Waals surface area (Å²) in [5.41, 5.74) is -1.07. The second kappa shape index (κ2) is 8.03. The number of Topliss-reactive ketones (excluding diaryl/α,β-unsaturated/α-hetero) is 1. The number of carbonyl (C=O) groups excluding carboxylic acids is 2. The van der Waals surface area contributed by atoms with Gasteiger partial charge in [0, 0.05) is 11.3 Å². The van der Waals surface area contributed by atoms with Crippen LogP contribution in [0.5, 0.6) is 0 Å². The van der Waals surface area contributed by atoms with Crippen LogP contribution in [-0.4, -0.2) is 16.8 Å². The number of amides is 1. The van der Waals surface area contributed by atoms with Crippen LogP contribution in [0.2, 0.25) is 10.0 Å². The molecule has 1 unspecified atom stereocenters. The van der Waals surface area contributed by atoms with Crippen LogP contribution in [-0.2, 0) is 15.8 Å². The van der Waals surface area contributed by atoms with Gasteiger partial charge in [-0.3, -0.25) is 14.5 Å². The molecule has 0 bridgehead atoms. The quantitative estimate of drug-likeness (QED) is 0.273. The van der Waals surface area contributed by atoms with Gasteiger partial charge in [-0.2, -0.15) is 13.2 Å². The zero-order valence-corrected chi connectivity index (χ0v) is 17.4. The van der Waals surface area contributed by atoms with Crippen molar-refractivity contribution in [2.75, 3.05) is 4.90 Å². The van der Waals surface area contributed by atoms with Crippen molar-refractivity contribution in [2.24, 2.45) is 0 Å². The average molecular weight is 482 g/mol. The highest BCUT2D eigenvalue weighted by atomic mass is 35.5. The Morgan fingerprint density at radius 3 is 2.25 bits per heavy atom. The highest BCUT2D eigenvalue weighted by Gasteiger charge is 2.48. The minimum Gasteiger partial charge on any atom is -0.507 e. The maximum Gasteiger partial charge on any atom is 0.416 e. The van der Waals surface area contributed by atoms with Crippen LogP contribution in [0.4, 0.5) is 18.9 Å². The minimum atomic E-state index is -4.57. The van der Waals surface area contributed by atoms with Gasteiger partial charge >= 0.3 is 6.18 Å². The molecule has 1 fully saturated rings. The number of alkyl halides is 3. The molecule has 0 spiro atoms. The van der Waals surface area contributed by atoms with Crippen LogP contribution in [0.15, 0.2) is 70.9 Å². The highest BCUT2D eigenvalue weighted by molar-refractivity contribution is 6.51. The van der Waals surface area contributed by atoms with E-state index in [1.165, 1.54) is 36.6 Å². The van der Waals surface area contributed by atoms with E-state index in [2.05, 4.69) is 0 Å². The van der Waals surface area contributed by atoms with E-state index in [4.69, 9.17) is 27.6 Å². The summed E-state index contributed by atoms with van der Waals surface area (Å²) in [5.74, 6) is -2.47. The zero-order chi connectivity index (χ0) is 23.2. The van der Waals surface area contributed by atoms with E-state index < -0.39 is 35.2 Å². The smallest absolute Gasteiger partial charge is 0.416 e. The Balaban J connectivity index is 1.88. The Bertz CT molecular complexity index is 1240. The van der Waals surface area contributed by atoms with Crippen molar-refractivity contribution in [3.63, 3.8) is 0 Å². The lowest BCUT2D eigenvalue weighted by molar-refractivity contribution is -0.137. The fraction of sp³-hybridized carbons (Fsp3) is 0.0909. The number of ketones is 1. The second-order valence-electron chi connectivity index (χ2n) is 6.86. The van der Waals surface area contributed by atoms with Crippen molar-refractivity contribution in [3.8, 4) is 0 Å². The van der Waals surface area contributed by atoms with Crippen molar-refractivity contribution < 1.29 is 32.3 Å². The Morgan fingerprint density at radius 2 is 1.69 bits per heavy atom. The van der Waals surface area contributed by atoms with Gasteiger partial charge in [0.25, 0.3) is 11.7 Å². The molecule has 4 rings (SSSR count). The Hall–Kier alpha value is -3.23. The fourth-order valence-electron chi connectivity index (χ4n) is 3.42. The van der Waals surface area contributed by atoms with E-state index >= 15 is 0 Å². The van der Waals surface area contributed by atoms with Gasteiger partial charge in [0.15, 0.2) is 0 Å². The summed E-state index contributed by atoms with van der Waals surface area (Å²) in [6.45, 7) is 0. The van der Waals surface area contributed by atoms with E-state index in [-0.39, 0.29) is 32.6 Å². The molecule has 1 N–H and O–H groups in total. The molecule has 5 nitrogen and oxygen atoms in total. The van der Waals surface area contributed by atoms with Gasteiger partial charge in [-0.1, -0.05) is 23.2 Å². The van der Waals surface area contributed by atoms with E-state index in [1.807, 2.05) is 0 Å². The first-order valence-corrected chi connectivity index (χ1v) is 9.82. The van der Waals surface area contributed by atoms with Crippen molar-refractivity contribution in [1.29, 1.82) is 0 Å². The third-order valence-corrected chi connectivity index (χ3v) is 5.66. The maximum absolute atomic E-state index is 12.9. The largest absolute Gasteiger partial charge is 0.507 e. The van der Waals surface area contributed by atoms with Gasteiger partial charge in [-0.05, 0) is 54.6 Å². The molecule has 1 aliphatic heterocycles. The van der Waals surface area contributed by atoms with E-state index in [0.717, 1.165) is 29.2 Å². The summed E-state index contributed by atoms with van der Waals surface area (Å²) in [5, 5.41) is 11.2. The summed E-state index contributed by atoms with van der Waals surface area (Å²) >= 11 is 11.9. The Labute approximate surface area is 189 Å². The van der Waals surface area contributed by atoms with Gasteiger partial charge < -0.3 is 9.52 Å². The first kappa shape index (κ1) is 22.0. The van der Waals surface area contributed by atoms with Crippen LogP contribution in [0, 0.1) is 0 Å². The van der Waals surface area contributed by atoms with Crippen LogP contribution >= 0.6 is 23.2 Å². The number of anilines is 1. The lowest BCUT2D eigenvalue weighted by Crippen LogP contribution is -2.29. The number of carbonyl (C=O) groups is 2. The van der Waals surface area contributed by atoms with Crippen LogP contribution < -0.4 is 4.90 Å². The first-order chi connectivity index (χ1) is 15.1. The number of aliphatic hydroxyl groups excluding tert-OH is 1. The van der Waals surface area contributed by atoms with Gasteiger partial charge in [0.1, 0.15) is 17.6 Å². The minimum absolute atomic E-state index is 0.0229. The molecule has 0 aliphatic carbocycles. The normalized spacial score (nSPS) is 18.4. The summed E-state index contributed by atoms with van der Waals surface area (Å²) in [6, 6.07) is 9.67. The maximum atomic E-state index is 12.9. The second-order valence-corrected chi connectivity index (χ2v) is 7.67. The molecule has 0 radical (unpaired) electrons. The molecule has 1 saturated heterocycles. The van der Waals surface area contributed by atoms with Crippen molar-refractivity contribution in [3.05, 3.63) is 93.4 Å². The van der Waals surface area contributed by atoms with Gasteiger partial charge in [-0.15, -0.1) is 0 Å². The van der Waals surface area contributed by atoms with E-state index in [1.54, 1.807) is 0 Å². The SMILES string of the molecule is O=C1C(=O)N(c2ccc(C(F)(F)F)cc2)C(c2ccco2)/C1=C(/O)c1ccc(Cl)c(Cl)c1. The van der Waals surface area contributed by atoms with Gasteiger partial charge in [-0.25, -0.2) is 0 Å².